The van der Waals surface area contributed by atoms with E-state index in [2.05, 4.69) is 0 Å². The Labute approximate surface area is 218 Å². The summed E-state index contributed by atoms with van der Waals surface area (Å²) in [4.78, 5) is 12.6. The van der Waals surface area contributed by atoms with Gasteiger partial charge in [0.15, 0.2) is 21.2 Å². The van der Waals surface area contributed by atoms with E-state index in [4.69, 9.17) is 0 Å². The predicted molar refractivity (Wildman–Crippen MR) is 121 cm³/mol. The van der Waals surface area contributed by atoms with Crippen molar-refractivity contribution in [3.05, 3.63) is 0 Å². The first kappa shape index (κ1) is 31.8. The van der Waals surface area contributed by atoms with Crippen molar-refractivity contribution in [2.24, 2.45) is 11.8 Å². The molecule has 0 aromatic heterocycles. The molecule has 38 heavy (non-hydrogen) atoms. The molecule has 0 aliphatic heterocycles. The Morgan fingerprint density at radius 2 is 1.32 bits per heavy atom. The van der Waals surface area contributed by atoms with Gasteiger partial charge in [0, 0.05) is 29.7 Å². The van der Waals surface area contributed by atoms with Crippen LogP contribution in [0.15, 0.2) is 0 Å². The number of Topliss-reactive ketones (excluding diaryl/α,β-unsaturated/α-hetero) is 1. The quantitative estimate of drug-likeness (QED) is 0.194. The van der Waals surface area contributed by atoms with Gasteiger partial charge >= 0.3 is 23.3 Å². The van der Waals surface area contributed by atoms with Crippen LogP contribution in [0.2, 0.25) is 0 Å². The van der Waals surface area contributed by atoms with Crippen molar-refractivity contribution >= 4 is 26.8 Å². The molecule has 0 N–H and O–H groups in total. The number of fused-ring (bicyclic) bond motifs is 2. The number of hydrogen-bond acceptors (Lipinski definition) is 4. The predicted octanol–water partition coefficient (Wildman–Crippen LogP) is 6.60. The summed E-state index contributed by atoms with van der Waals surface area (Å²) in [6.45, 7) is 0. The second kappa shape index (κ2) is 11.3. The van der Waals surface area contributed by atoms with Crippen molar-refractivity contribution in [2.75, 3.05) is 0 Å². The topological polar surface area (TPSA) is 74.3 Å². The molecule has 2 bridgehead atoms. The summed E-state index contributed by atoms with van der Waals surface area (Å²) in [5.41, 5.74) is 0. The summed E-state index contributed by atoms with van der Waals surface area (Å²) in [6, 6.07) is 0. The Kier molecular flexibility index (Phi) is 9.45. The van der Waals surface area contributed by atoms with Crippen molar-refractivity contribution in [3.8, 4) is 0 Å². The zero-order valence-corrected chi connectivity index (χ0v) is 22.1. The minimum atomic E-state index is -7.43. The van der Waals surface area contributed by atoms with E-state index in [1.54, 1.807) is 0 Å². The SMILES string of the molecule is O=C1CCCCC1[S+](C1CCCCC1)C1CC2CCC1C2.O=S(=O)([O-])C(F)(F)C(F)(F)C(F)(F)C(F)(F)F. The molecule has 0 spiro atoms. The van der Waals surface area contributed by atoms with Crippen molar-refractivity contribution in [1.29, 1.82) is 0 Å². The minimum absolute atomic E-state index is 0.448. The van der Waals surface area contributed by atoms with Gasteiger partial charge in [-0.05, 0) is 70.1 Å². The lowest BCUT2D eigenvalue weighted by Crippen LogP contribution is -2.63. The third-order valence-electron chi connectivity index (χ3n) is 8.22. The van der Waals surface area contributed by atoms with Gasteiger partial charge in [-0.1, -0.05) is 6.42 Å². The molecular weight excluding hydrogens is 575 g/mol. The number of carbonyl (C=O) groups is 1. The van der Waals surface area contributed by atoms with Gasteiger partial charge in [-0.2, -0.15) is 39.5 Å². The number of carbonyl (C=O) groups excluding carboxylic acids is 1. The van der Waals surface area contributed by atoms with Crippen LogP contribution < -0.4 is 0 Å². The monoisotopic (exact) mass is 606 g/mol. The molecule has 5 atom stereocenters. The van der Waals surface area contributed by atoms with E-state index in [-0.39, 0.29) is 0 Å². The molecule has 0 heterocycles. The number of hydrogen-bond donors (Lipinski definition) is 0. The van der Waals surface area contributed by atoms with Crippen LogP contribution in [0.3, 0.4) is 0 Å². The fourth-order valence-corrected chi connectivity index (χ4v) is 11.1. The molecular formula is C23H31F9O4S2. The van der Waals surface area contributed by atoms with Crippen molar-refractivity contribution < 1.29 is 57.3 Å². The van der Waals surface area contributed by atoms with Crippen LogP contribution in [0.1, 0.15) is 83.5 Å². The first-order valence-electron chi connectivity index (χ1n) is 12.7. The van der Waals surface area contributed by atoms with Crippen molar-refractivity contribution in [2.45, 2.75) is 122 Å². The van der Waals surface area contributed by atoms with Crippen LogP contribution in [0.5, 0.6) is 0 Å². The van der Waals surface area contributed by atoms with Gasteiger partial charge in [0.1, 0.15) is 10.5 Å². The van der Waals surface area contributed by atoms with Gasteiger partial charge in [0.05, 0.1) is 0 Å². The van der Waals surface area contributed by atoms with E-state index < -0.39 is 33.4 Å². The highest BCUT2D eigenvalue weighted by molar-refractivity contribution is 7.99. The second-order valence-electron chi connectivity index (χ2n) is 10.7. The largest absolute Gasteiger partial charge is 0.743 e. The highest BCUT2D eigenvalue weighted by atomic mass is 32.2. The molecule has 4 aliphatic carbocycles. The lowest BCUT2D eigenvalue weighted by atomic mass is 9.98. The molecule has 0 aromatic carbocycles. The Balaban J connectivity index is 0.000000217. The fraction of sp³-hybridized carbons (Fsp3) is 0.957. The number of ketones is 1. The van der Waals surface area contributed by atoms with Crippen LogP contribution >= 0.6 is 0 Å². The van der Waals surface area contributed by atoms with E-state index in [0.717, 1.165) is 28.8 Å². The number of alkyl halides is 9. The van der Waals surface area contributed by atoms with Gasteiger partial charge in [0.2, 0.25) is 0 Å². The van der Waals surface area contributed by atoms with Crippen LogP contribution in [-0.2, 0) is 25.8 Å². The van der Waals surface area contributed by atoms with Gasteiger partial charge < -0.3 is 4.55 Å². The van der Waals surface area contributed by atoms with E-state index in [9.17, 15) is 57.3 Å². The van der Waals surface area contributed by atoms with Crippen LogP contribution in [0, 0.1) is 11.8 Å². The lowest BCUT2D eigenvalue weighted by Gasteiger charge is -2.35. The normalized spacial score (nSPS) is 30.6. The summed E-state index contributed by atoms with van der Waals surface area (Å²) < 4.78 is 135. The molecule has 4 rings (SSSR count). The Hall–Kier alpha value is -0.700. The summed E-state index contributed by atoms with van der Waals surface area (Å²) in [6.07, 6.45) is 10.7. The van der Waals surface area contributed by atoms with Gasteiger partial charge in [0.25, 0.3) is 0 Å². The summed E-state index contributed by atoms with van der Waals surface area (Å²) in [7, 11) is -6.97. The number of halogens is 9. The van der Waals surface area contributed by atoms with E-state index >= 15 is 0 Å². The first-order valence-corrected chi connectivity index (χ1v) is 15.5. The molecule has 0 amide bonds. The summed E-state index contributed by atoms with van der Waals surface area (Å²) >= 11 is 0. The molecule has 4 saturated carbocycles. The zero-order chi connectivity index (χ0) is 28.7. The summed E-state index contributed by atoms with van der Waals surface area (Å²) in [5.74, 6) is -12.1. The fourth-order valence-electron chi connectivity index (χ4n) is 6.30. The second-order valence-corrected chi connectivity index (χ2v) is 14.8. The van der Waals surface area contributed by atoms with E-state index in [0.29, 0.717) is 21.9 Å². The van der Waals surface area contributed by atoms with E-state index in [1.807, 2.05) is 0 Å². The number of rotatable bonds is 6. The zero-order valence-electron chi connectivity index (χ0n) is 20.4. The smallest absolute Gasteiger partial charge is 0.460 e. The maximum absolute atomic E-state index is 12.6. The van der Waals surface area contributed by atoms with E-state index in [1.165, 1.54) is 77.0 Å². The molecule has 5 unspecified atom stereocenters. The Morgan fingerprint density at radius 1 is 0.737 bits per heavy atom. The maximum atomic E-state index is 12.6. The van der Waals surface area contributed by atoms with Crippen molar-refractivity contribution in [3.63, 3.8) is 0 Å². The molecule has 0 aromatic rings. The van der Waals surface area contributed by atoms with Crippen LogP contribution in [0.25, 0.3) is 0 Å². The molecule has 15 heteroatoms. The van der Waals surface area contributed by atoms with Crippen LogP contribution in [-0.4, -0.2) is 57.8 Å². The average molecular weight is 607 g/mol. The Morgan fingerprint density at radius 3 is 1.76 bits per heavy atom. The molecule has 0 saturated heterocycles. The summed E-state index contributed by atoms with van der Waals surface area (Å²) in [5, 5.41) is -4.74. The highest BCUT2D eigenvalue weighted by Gasteiger charge is 2.83. The maximum Gasteiger partial charge on any atom is 0.460 e. The molecule has 0 radical (unpaired) electrons. The van der Waals surface area contributed by atoms with Gasteiger partial charge in [-0.15, -0.1) is 0 Å². The molecule has 222 valence electrons. The third-order valence-corrected chi connectivity index (χ3v) is 12.8. The average Bonchev–Trinajstić information content (AvgIpc) is 3.44. The first-order chi connectivity index (χ1) is 17.3. The molecule has 4 fully saturated rings. The van der Waals surface area contributed by atoms with Gasteiger partial charge in [-0.25, -0.2) is 8.42 Å². The van der Waals surface area contributed by atoms with Crippen LogP contribution in [0.4, 0.5) is 39.5 Å². The standard InChI is InChI=1S/C19H31OS.C4HF9O3S/c20-17-8-4-5-9-18(17)21(16-6-2-1-3-7-16)19-13-14-10-11-15(19)12-14;5-1(6,3(9,10)11)2(7,8)4(12,13)17(14,15)16/h14-16,18-19H,1-13H2;(H,14,15,16)/q+1;/p-1. The molecule has 4 nitrogen and oxygen atoms in total. The Bertz CT molecular complexity index is 949. The van der Waals surface area contributed by atoms with Gasteiger partial charge in [-0.3, -0.25) is 4.79 Å². The minimum Gasteiger partial charge on any atom is -0.743 e. The molecule has 4 aliphatic rings. The third kappa shape index (κ3) is 5.99. The van der Waals surface area contributed by atoms with Crippen molar-refractivity contribution in [1.82, 2.24) is 0 Å². The highest BCUT2D eigenvalue weighted by Crippen LogP contribution is 2.54. The lowest BCUT2D eigenvalue weighted by molar-refractivity contribution is -0.382.